The van der Waals surface area contributed by atoms with Gasteiger partial charge < -0.3 is 14.2 Å². The van der Waals surface area contributed by atoms with Crippen LogP contribution in [0.1, 0.15) is 63.9 Å². The minimum absolute atomic E-state index is 0.0951. The highest BCUT2D eigenvalue weighted by Crippen LogP contribution is 2.23. The van der Waals surface area contributed by atoms with E-state index >= 15 is 0 Å². The molecular weight excluding hydrogens is 366 g/mol. The molecule has 2 heterocycles. The van der Waals surface area contributed by atoms with E-state index in [1.165, 1.54) is 0 Å². The van der Waals surface area contributed by atoms with E-state index in [1.807, 2.05) is 39.8 Å². The molecule has 1 aliphatic rings. The summed E-state index contributed by atoms with van der Waals surface area (Å²) in [6, 6.07) is 4.17. The average molecular weight is 400 g/mol. The van der Waals surface area contributed by atoms with Gasteiger partial charge in [-0.25, -0.2) is 4.79 Å². The van der Waals surface area contributed by atoms with Crippen molar-refractivity contribution in [3.63, 3.8) is 0 Å². The predicted octanol–water partition coefficient (Wildman–Crippen LogP) is 4.00. The molecule has 1 aliphatic heterocycles. The second-order valence-electron chi connectivity index (χ2n) is 8.51. The first-order chi connectivity index (χ1) is 13.6. The second-order valence-corrected chi connectivity index (χ2v) is 8.51. The lowest BCUT2D eigenvalue weighted by atomic mass is 9.97. The van der Waals surface area contributed by atoms with E-state index in [9.17, 15) is 14.9 Å². The lowest BCUT2D eigenvalue weighted by molar-refractivity contribution is -0.151. The Morgan fingerprint density at radius 3 is 2.45 bits per heavy atom. The van der Waals surface area contributed by atoms with Gasteiger partial charge in [0.25, 0.3) is 5.91 Å². The Morgan fingerprint density at radius 1 is 1.28 bits per heavy atom. The minimum Gasteiger partial charge on any atom is -0.451 e. The zero-order valence-electron chi connectivity index (χ0n) is 18.5. The highest BCUT2D eigenvalue weighted by Gasteiger charge is 2.29. The molecule has 2 atom stereocenters. The van der Waals surface area contributed by atoms with Crippen LogP contribution in [-0.2, 0) is 20.9 Å². The molecule has 2 rings (SSSR count). The molecule has 1 aromatic heterocycles. The van der Waals surface area contributed by atoms with Crippen molar-refractivity contribution in [1.29, 1.82) is 5.26 Å². The molecule has 1 amide bonds. The smallest absolute Gasteiger partial charge is 0.349 e. The number of nitriles is 1. The van der Waals surface area contributed by atoms with Crippen molar-refractivity contribution in [2.45, 2.75) is 79.4 Å². The van der Waals surface area contributed by atoms with Gasteiger partial charge in [-0.2, -0.15) is 5.26 Å². The van der Waals surface area contributed by atoms with Crippen LogP contribution in [0.25, 0.3) is 6.08 Å². The lowest BCUT2D eigenvalue weighted by Gasteiger charge is -2.38. The maximum Gasteiger partial charge on any atom is 0.349 e. The Balaban J connectivity index is 2.09. The summed E-state index contributed by atoms with van der Waals surface area (Å²) in [6.07, 6.45) is 4.57. The normalized spacial score (nSPS) is 19.9. The molecule has 0 spiro atoms. The maximum atomic E-state index is 12.5. The van der Waals surface area contributed by atoms with Crippen molar-refractivity contribution in [2.75, 3.05) is 6.61 Å². The summed E-state index contributed by atoms with van der Waals surface area (Å²) in [7, 11) is 0. The molecule has 6 nitrogen and oxygen atoms in total. The number of rotatable bonds is 6. The van der Waals surface area contributed by atoms with Crippen LogP contribution in [0, 0.1) is 31.1 Å². The van der Waals surface area contributed by atoms with Gasteiger partial charge in [-0.3, -0.25) is 4.79 Å². The van der Waals surface area contributed by atoms with E-state index in [0.717, 1.165) is 42.8 Å². The number of aryl methyl sites for hydroxylation is 1. The number of carbonyl (C=O) groups is 2. The summed E-state index contributed by atoms with van der Waals surface area (Å²) >= 11 is 0. The quantitative estimate of drug-likeness (QED) is 0.412. The third kappa shape index (κ3) is 5.50. The Morgan fingerprint density at radius 2 is 1.90 bits per heavy atom. The largest absolute Gasteiger partial charge is 0.451 e. The molecular formula is C23H33N3O3. The van der Waals surface area contributed by atoms with Crippen molar-refractivity contribution in [2.24, 2.45) is 5.92 Å². The second kappa shape index (κ2) is 9.78. The van der Waals surface area contributed by atoms with Crippen molar-refractivity contribution in [1.82, 2.24) is 9.47 Å². The summed E-state index contributed by atoms with van der Waals surface area (Å²) in [5.74, 6) is -0.472. The van der Waals surface area contributed by atoms with Crippen LogP contribution in [0.3, 0.4) is 0 Å². The van der Waals surface area contributed by atoms with Gasteiger partial charge in [0.1, 0.15) is 11.6 Å². The predicted molar refractivity (Wildman–Crippen MR) is 113 cm³/mol. The van der Waals surface area contributed by atoms with Gasteiger partial charge in [0.15, 0.2) is 6.61 Å². The molecule has 0 N–H and O–H groups in total. The number of piperidine rings is 1. The monoisotopic (exact) mass is 399 g/mol. The summed E-state index contributed by atoms with van der Waals surface area (Å²) in [5.41, 5.74) is 2.81. The van der Waals surface area contributed by atoms with E-state index in [4.69, 9.17) is 4.74 Å². The van der Waals surface area contributed by atoms with Gasteiger partial charge in [0, 0.05) is 30.0 Å². The highest BCUT2D eigenvalue weighted by molar-refractivity contribution is 5.99. The standard InChI is InChI=1S/C23H33N3O3/c1-15(2)13-25-18(5)10-20(19(25)6)11-21(12-24)23(28)29-14-22(27)26-16(3)8-7-9-17(26)4/h10-11,15-17H,7-9,13-14H2,1-6H3/b21-11+/t16-,17-/m1/s1. The van der Waals surface area contributed by atoms with Crippen LogP contribution in [0.2, 0.25) is 0 Å². The van der Waals surface area contributed by atoms with Gasteiger partial charge in [-0.15, -0.1) is 0 Å². The minimum atomic E-state index is -0.758. The van der Waals surface area contributed by atoms with E-state index in [2.05, 4.69) is 18.4 Å². The molecule has 158 valence electrons. The van der Waals surface area contributed by atoms with Crippen LogP contribution in [-0.4, -0.2) is 40.0 Å². The molecule has 0 bridgehead atoms. The van der Waals surface area contributed by atoms with Gasteiger partial charge in [0.2, 0.25) is 0 Å². The average Bonchev–Trinajstić information content (AvgIpc) is 2.91. The van der Waals surface area contributed by atoms with Crippen LogP contribution < -0.4 is 0 Å². The number of hydrogen-bond donors (Lipinski definition) is 0. The summed E-state index contributed by atoms with van der Waals surface area (Å²) < 4.78 is 7.37. The van der Waals surface area contributed by atoms with Crippen LogP contribution >= 0.6 is 0 Å². The molecule has 29 heavy (non-hydrogen) atoms. The van der Waals surface area contributed by atoms with Crippen molar-refractivity contribution in [3.8, 4) is 6.07 Å². The Labute approximate surface area is 174 Å². The van der Waals surface area contributed by atoms with Crippen molar-refractivity contribution < 1.29 is 14.3 Å². The summed E-state index contributed by atoms with van der Waals surface area (Å²) in [4.78, 5) is 26.8. The summed E-state index contributed by atoms with van der Waals surface area (Å²) in [6.45, 7) is 12.9. The molecule has 6 heteroatoms. The topological polar surface area (TPSA) is 75.3 Å². The SMILES string of the molecule is Cc1cc(/C=C(\C#N)C(=O)OCC(=O)N2[C@H](C)CCC[C@H]2C)c(C)n1CC(C)C. The zero-order chi connectivity index (χ0) is 21.7. The van der Waals surface area contributed by atoms with E-state index in [-0.39, 0.29) is 30.2 Å². The molecule has 1 fully saturated rings. The number of carbonyl (C=O) groups excluding carboxylic acids is 2. The first-order valence-electron chi connectivity index (χ1n) is 10.4. The van der Waals surface area contributed by atoms with E-state index in [0.29, 0.717) is 5.92 Å². The fourth-order valence-electron chi connectivity index (χ4n) is 4.10. The third-order valence-electron chi connectivity index (χ3n) is 5.61. The fourth-order valence-corrected chi connectivity index (χ4v) is 4.10. The van der Waals surface area contributed by atoms with Gasteiger partial charge >= 0.3 is 5.97 Å². The number of ether oxygens (including phenoxy) is 1. The zero-order valence-corrected chi connectivity index (χ0v) is 18.5. The number of amides is 1. The van der Waals surface area contributed by atoms with Crippen LogP contribution in [0.15, 0.2) is 11.6 Å². The first kappa shape index (κ1) is 22.7. The Bertz CT molecular complexity index is 819. The van der Waals surface area contributed by atoms with Crippen molar-refractivity contribution >= 4 is 18.0 Å². The fraction of sp³-hybridized carbons (Fsp3) is 0.609. The lowest BCUT2D eigenvalue weighted by Crippen LogP contribution is -2.49. The molecule has 0 aliphatic carbocycles. The summed E-state index contributed by atoms with van der Waals surface area (Å²) in [5, 5.41) is 9.45. The third-order valence-corrected chi connectivity index (χ3v) is 5.61. The molecule has 0 unspecified atom stereocenters. The number of hydrogen-bond acceptors (Lipinski definition) is 4. The molecule has 0 aromatic carbocycles. The molecule has 0 saturated carbocycles. The molecule has 1 aromatic rings. The molecule has 0 radical (unpaired) electrons. The van der Waals surface area contributed by atoms with Crippen molar-refractivity contribution in [3.05, 3.63) is 28.6 Å². The van der Waals surface area contributed by atoms with Crippen LogP contribution in [0.5, 0.6) is 0 Å². The van der Waals surface area contributed by atoms with E-state index < -0.39 is 5.97 Å². The highest BCUT2D eigenvalue weighted by atomic mass is 16.5. The molecule has 1 saturated heterocycles. The number of nitrogens with zero attached hydrogens (tertiary/aromatic N) is 3. The van der Waals surface area contributed by atoms with Gasteiger partial charge in [0.05, 0.1) is 0 Å². The number of aromatic nitrogens is 1. The number of esters is 1. The van der Waals surface area contributed by atoms with Crippen LogP contribution in [0.4, 0.5) is 0 Å². The Kier molecular flexibility index (Phi) is 7.66. The first-order valence-corrected chi connectivity index (χ1v) is 10.4. The van der Waals surface area contributed by atoms with Gasteiger partial charge in [-0.1, -0.05) is 13.8 Å². The number of likely N-dealkylation sites (tertiary alicyclic amines) is 1. The Hall–Kier alpha value is -2.55. The van der Waals surface area contributed by atoms with E-state index in [1.54, 1.807) is 11.0 Å². The van der Waals surface area contributed by atoms with Gasteiger partial charge in [-0.05, 0) is 70.6 Å². The maximum absolute atomic E-state index is 12.5.